The Morgan fingerprint density at radius 1 is 1.37 bits per heavy atom. The second-order valence-electron chi connectivity index (χ2n) is 5.18. The quantitative estimate of drug-likeness (QED) is 0.929. The van der Waals surface area contributed by atoms with E-state index in [0.717, 1.165) is 10.7 Å². The van der Waals surface area contributed by atoms with Crippen molar-refractivity contribution in [3.05, 3.63) is 52.8 Å². The molecule has 2 aromatic rings. The lowest BCUT2D eigenvalue weighted by Gasteiger charge is -2.17. The standard InChI is InChI=1S/C15H18ClN3/c1-17-14(15-13(16)9-18-19(15)2)12-8-11(12)10-6-4-3-5-7-10/h3-7,9,11-12,14,17H,8H2,1-2H3. The van der Waals surface area contributed by atoms with Gasteiger partial charge in [0.25, 0.3) is 0 Å². The van der Waals surface area contributed by atoms with Crippen LogP contribution in [-0.2, 0) is 7.05 Å². The van der Waals surface area contributed by atoms with Gasteiger partial charge in [0.05, 0.1) is 23.0 Å². The van der Waals surface area contributed by atoms with Gasteiger partial charge in [-0.1, -0.05) is 41.9 Å². The zero-order valence-electron chi connectivity index (χ0n) is 11.2. The van der Waals surface area contributed by atoms with Gasteiger partial charge in [0.1, 0.15) is 0 Å². The molecule has 0 radical (unpaired) electrons. The largest absolute Gasteiger partial charge is 0.311 e. The molecule has 1 aromatic carbocycles. The molecule has 0 spiro atoms. The fraction of sp³-hybridized carbons (Fsp3) is 0.400. The van der Waals surface area contributed by atoms with Gasteiger partial charge in [-0.05, 0) is 30.9 Å². The van der Waals surface area contributed by atoms with E-state index in [1.807, 2.05) is 18.8 Å². The maximum atomic E-state index is 6.26. The molecule has 3 unspecified atom stereocenters. The molecule has 19 heavy (non-hydrogen) atoms. The number of aromatic nitrogens is 2. The van der Waals surface area contributed by atoms with Crippen molar-refractivity contribution >= 4 is 11.6 Å². The van der Waals surface area contributed by atoms with Crippen LogP contribution in [0.15, 0.2) is 36.5 Å². The summed E-state index contributed by atoms with van der Waals surface area (Å²) in [5.41, 5.74) is 2.51. The Bertz CT molecular complexity index is 545. The molecule has 1 aliphatic rings. The van der Waals surface area contributed by atoms with Crippen molar-refractivity contribution < 1.29 is 0 Å². The van der Waals surface area contributed by atoms with Crippen LogP contribution in [0.25, 0.3) is 0 Å². The monoisotopic (exact) mass is 275 g/mol. The third-order valence-corrected chi connectivity index (χ3v) is 4.33. The highest BCUT2D eigenvalue weighted by molar-refractivity contribution is 6.31. The summed E-state index contributed by atoms with van der Waals surface area (Å²) >= 11 is 6.26. The lowest BCUT2D eigenvalue weighted by Crippen LogP contribution is -2.22. The lowest BCUT2D eigenvalue weighted by atomic mass is 10.0. The Morgan fingerprint density at radius 2 is 2.11 bits per heavy atom. The average Bonchev–Trinajstić information content (AvgIpc) is 3.16. The van der Waals surface area contributed by atoms with Crippen molar-refractivity contribution in [1.82, 2.24) is 15.1 Å². The molecule has 3 rings (SSSR count). The third-order valence-electron chi connectivity index (χ3n) is 4.04. The normalized spacial score (nSPS) is 23.3. The van der Waals surface area contributed by atoms with Crippen LogP contribution in [-0.4, -0.2) is 16.8 Å². The highest BCUT2D eigenvalue weighted by atomic mass is 35.5. The number of nitrogens with one attached hydrogen (secondary N) is 1. The predicted octanol–water partition coefficient (Wildman–Crippen LogP) is 3.14. The van der Waals surface area contributed by atoms with Crippen LogP contribution in [0.4, 0.5) is 0 Å². The lowest BCUT2D eigenvalue weighted by molar-refractivity contribution is 0.480. The Labute approximate surface area is 118 Å². The summed E-state index contributed by atoms with van der Waals surface area (Å²) in [6, 6.07) is 11.0. The number of rotatable bonds is 4. The first-order valence-corrected chi connectivity index (χ1v) is 6.99. The van der Waals surface area contributed by atoms with Gasteiger partial charge in [0, 0.05) is 7.05 Å². The van der Waals surface area contributed by atoms with Crippen LogP contribution >= 0.6 is 11.6 Å². The smallest absolute Gasteiger partial charge is 0.0834 e. The molecule has 0 bridgehead atoms. The number of halogens is 1. The average molecular weight is 276 g/mol. The highest BCUT2D eigenvalue weighted by Crippen LogP contribution is 2.54. The van der Waals surface area contributed by atoms with Gasteiger partial charge in [0.2, 0.25) is 0 Å². The Morgan fingerprint density at radius 3 is 2.68 bits per heavy atom. The minimum absolute atomic E-state index is 0.269. The Kier molecular flexibility index (Phi) is 3.33. The molecule has 1 aromatic heterocycles. The summed E-state index contributed by atoms with van der Waals surface area (Å²) in [6.45, 7) is 0. The zero-order valence-corrected chi connectivity index (χ0v) is 11.9. The minimum atomic E-state index is 0.269. The molecular weight excluding hydrogens is 258 g/mol. The first-order chi connectivity index (χ1) is 9.22. The topological polar surface area (TPSA) is 29.9 Å². The summed E-state index contributed by atoms with van der Waals surface area (Å²) in [5.74, 6) is 1.23. The summed E-state index contributed by atoms with van der Waals surface area (Å²) in [6.07, 6.45) is 2.93. The molecule has 0 saturated heterocycles. The van der Waals surface area contributed by atoms with Crippen molar-refractivity contribution in [3.63, 3.8) is 0 Å². The molecule has 1 saturated carbocycles. The van der Waals surface area contributed by atoms with Crippen LogP contribution in [0.5, 0.6) is 0 Å². The van der Waals surface area contributed by atoms with Crippen molar-refractivity contribution in [2.45, 2.75) is 18.4 Å². The molecule has 1 N–H and O–H groups in total. The van der Waals surface area contributed by atoms with Gasteiger partial charge in [0.15, 0.2) is 0 Å². The molecular formula is C15H18ClN3. The van der Waals surface area contributed by atoms with Crippen LogP contribution in [0.1, 0.15) is 29.6 Å². The van der Waals surface area contributed by atoms with E-state index in [-0.39, 0.29) is 6.04 Å². The van der Waals surface area contributed by atoms with Crippen molar-refractivity contribution in [3.8, 4) is 0 Å². The summed E-state index contributed by atoms with van der Waals surface area (Å²) in [7, 11) is 3.94. The van der Waals surface area contributed by atoms with Gasteiger partial charge in [-0.15, -0.1) is 0 Å². The van der Waals surface area contributed by atoms with Gasteiger partial charge in [-0.3, -0.25) is 4.68 Å². The molecule has 1 heterocycles. The maximum absolute atomic E-state index is 6.26. The summed E-state index contributed by atoms with van der Waals surface area (Å²) in [4.78, 5) is 0. The number of hydrogen-bond acceptors (Lipinski definition) is 2. The highest BCUT2D eigenvalue weighted by Gasteiger charge is 2.45. The van der Waals surface area contributed by atoms with E-state index in [9.17, 15) is 0 Å². The molecule has 100 valence electrons. The summed E-state index contributed by atoms with van der Waals surface area (Å²) in [5, 5.41) is 8.39. The van der Waals surface area contributed by atoms with E-state index < -0.39 is 0 Å². The van der Waals surface area contributed by atoms with E-state index in [4.69, 9.17) is 11.6 Å². The van der Waals surface area contributed by atoms with Crippen LogP contribution in [0, 0.1) is 5.92 Å². The second kappa shape index (κ2) is 4.99. The van der Waals surface area contributed by atoms with E-state index in [1.165, 1.54) is 12.0 Å². The maximum Gasteiger partial charge on any atom is 0.0834 e. The van der Waals surface area contributed by atoms with Crippen LogP contribution < -0.4 is 5.32 Å². The van der Waals surface area contributed by atoms with Gasteiger partial charge in [-0.2, -0.15) is 5.10 Å². The van der Waals surface area contributed by atoms with E-state index in [2.05, 4.69) is 40.7 Å². The molecule has 0 amide bonds. The first kappa shape index (κ1) is 12.7. The molecule has 3 atom stereocenters. The minimum Gasteiger partial charge on any atom is -0.311 e. The Balaban J connectivity index is 1.83. The summed E-state index contributed by atoms with van der Waals surface area (Å²) < 4.78 is 1.88. The van der Waals surface area contributed by atoms with Crippen LogP contribution in [0.2, 0.25) is 5.02 Å². The van der Waals surface area contributed by atoms with Crippen molar-refractivity contribution in [2.24, 2.45) is 13.0 Å². The fourth-order valence-corrected chi connectivity index (χ4v) is 3.27. The molecule has 0 aliphatic heterocycles. The molecule has 1 fully saturated rings. The van der Waals surface area contributed by atoms with E-state index in [0.29, 0.717) is 11.8 Å². The van der Waals surface area contributed by atoms with Gasteiger partial charge >= 0.3 is 0 Å². The van der Waals surface area contributed by atoms with Crippen molar-refractivity contribution in [1.29, 1.82) is 0 Å². The Hall–Kier alpha value is -1.32. The zero-order chi connectivity index (χ0) is 13.4. The van der Waals surface area contributed by atoms with Crippen LogP contribution in [0.3, 0.4) is 0 Å². The fourth-order valence-electron chi connectivity index (χ4n) is 2.99. The SMILES string of the molecule is CNC(c1c(Cl)cnn1C)C1CC1c1ccccc1. The number of aryl methyl sites for hydroxylation is 1. The number of nitrogens with zero attached hydrogens (tertiary/aromatic N) is 2. The van der Waals surface area contributed by atoms with E-state index >= 15 is 0 Å². The van der Waals surface area contributed by atoms with Gasteiger partial charge in [-0.25, -0.2) is 0 Å². The second-order valence-corrected chi connectivity index (χ2v) is 5.59. The predicted molar refractivity (Wildman–Crippen MR) is 77.3 cm³/mol. The first-order valence-electron chi connectivity index (χ1n) is 6.62. The number of benzene rings is 1. The molecule has 4 heteroatoms. The third kappa shape index (κ3) is 2.28. The molecule has 1 aliphatic carbocycles. The molecule has 3 nitrogen and oxygen atoms in total. The van der Waals surface area contributed by atoms with Crippen molar-refractivity contribution in [2.75, 3.05) is 7.05 Å². The van der Waals surface area contributed by atoms with Gasteiger partial charge < -0.3 is 5.32 Å². The number of hydrogen-bond donors (Lipinski definition) is 1. The van der Waals surface area contributed by atoms with E-state index in [1.54, 1.807) is 6.20 Å².